The predicted octanol–water partition coefficient (Wildman–Crippen LogP) is 2.00. The van der Waals surface area contributed by atoms with Crippen molar-refractivity contribution in [3.05, 3.63) is 36.5 Å². The molecule has 0 fully saturated rings. The van der Waals surface area contributed by atoms with E-state index < -0.39 is 0 Å². The molecule has 8 nitrogen and oxygen atoms in total. The van der Waals surface area contributed by atoms with Crippen molar-refractivity contribution in [2.24, 2.45) is 0 Å². The lowest BCUT2D eigenvalue weighted by atomic mass is 10.3. The van der Waals surface area contributed by atoms with Crippen LogP contribution in [0.3, 0.4) is 0 Å². The van der Waals surface area contributed by atoms with Gasteiger partial charge in [-0.2, -0.15) is 9.78 Å². The number of para-hydroxylation sites is 2. The number of aromatic amines is 1. The highest BCUT2D eigenvalue weighted by Crippen LogP contribution is 2.24. The number of nitrogens with two attached hydrogens (primary N) is 1. The highest BCUT2D eigenvalue weighted by Gasteiger charge is 2.17. The minimum absolute atomic E-state index is 0.408. The number of rotatable bonds is 4. The summed E-state index contributed by atoms with van der Waals surface area (Å²) >= 11 is 0. The monoisotopic (exact) mass is 308 g/mol. The van der Waals surface area contributed by atoms with Gasteiger partial charge in [-0.15, -0.1) is 5.10 Å². The summed E-state index contributed by atoms with van der Waals surface area (Å²) in [6.45, 7) is 2.95. The van der Waals surface area contributed by atoms with Gasteiger partial charge in [0, 0.05) is 18.8 Å². The second-order valence-electron chi connectivity index (χ2n) is 5.27. The number of benzene rings is 1. The zero-order valence-electron chi connectivity index (χ0n) is 12.6. The van der Waals surface area contributed by atoms with E-state index >= 15 is 0 Å². The fraction of sp³-hybridized carbons (Fsp3) is 0.200. The molecule has 0 spiro atoms. The second-order valence-corrected chi connectivity index (χ2v) is 5.27. The van der Waals surface area contributed by atoms with Crippen LogP contribution in [-0.4, -0.2) is 34.7 Å². The maximum Gasteiger partial charge on any atom is 0.179 e. The number of H-pyrrole nitrogens is 1. The summed E-state index contributed by atoms with van der Waals surface area (Å²) in [6.07, 6.45) is 2.92. The van der Waals surface area contributed by atoms with E-state index in [0.29, 0.717) is 23.2 Å². The van der Waals surface area contributed by atoms with Crippen LogP contribution >= 0.6 is 0 Å². The first kappa shape index (κ1) is 13.5. The van der Waals surface area contributed by atoms with E-state index in [0.717, 1.165) is 24.0 Å². The smallest absolute Gasteiger partial charge is 0.179 e. The summed E-state index contributed by atoms with van der Waals surface area (Å²) < 4.78 is 3.38. The van der Waals surface area contributed by atoms with Gasteiger partial charge in [0.05, 0.1) is 11.0 Å². The van der Waals surface area contributed by atoms with Gasteiger partial charge in [-0.05, 0) is 18.6 Å². The number of aryl methyl sites for hydroxylation is 1. The maximum absolute atomic E-state index is 6.20. The van der Waals surface area contributed by atoms with Gasteiger partial charge in [-0.25, -0.2) is 4.98 Å². The van der Waals surface area contributed by atoms with Gasteiger partial charge in [-0.1, -0.05) is 24.3 Å². The van der Waals surface area contributed by atoms with Crippen molar-refractivity contribution in [3.8, 4) is 17.3 Å². The van der Waals surface area contributed by atoms with Crippen LogP contribution in [0.1, 0.15) is 13.3 Å². The molecule has 3 aromatic heterocycles. The number of nitrogen functional groups attached to an aromatic ring is 1. The average Bonchev–Trinajstić information content (AvgIpc) is 3.24. The molecule has 0 saturated heterocycles. The predicted molar refractivity (Wildman–Crippen MR) is 86.9 cm³/mol. The lowest BCUT2D eigenvalue weighted by Gasteiger charge is -1.99. The van der Waals surface area contributed by atoms with Crippen molar-refractivity contribution < 1.29 is 0 Å². The van der Waals surface area contributed by atoms with Crippen LogP contribution in [0.5, 0.6) is 0 Å². The zero-order chi connectivity index (χ0) is 15.8. The summed E-state index contributed by atoms with van der Waals surface area (Å²) in [4.78, 5) is 7.72. The third-order valence-corrected chi connectivity index (χ3v) is 3.61. The van der Waals surface area contributed by atoms with Crippen molar-refractivity contribution in [2.75, 3.05) is 5.73 Å². The number of fused-ring (bicyclic) bond motifs is 1. The van der Waals surface area contributed by atoms with Crippen molar-refractivity contribution in [1.82, 2.24) is 34.7 Å². The molecule has 0 aliphatic carbocycles. The van der Waals surface area contributed by atoms with E-state index in [1.54, 1.807) is 0 Å². The molecular weight excluding hydrogens is 292 g/mol. The molecule has 0 radical (unpaired) electrons. The van der Waals surface area contributed by atoms with Gasteiger partial charge in [0.15, 0.2) is 23.2 Å². The molecule has 0 aliphatic heterocycles. The SMILES string of the molecule is CCCn1ccc(-n2nnc(-c3nc4ccccc4[nH]3)c2N)n1. The number of hydrogen-bond acceptors (Lipinski definition) is 5. The maximum atomic E-state index is 6.20. The highest BCUT2D eigenvalue weighted by atomic mass is 15.5. The fourth-order valence-corrected chi connectivity index (χ4v) is 2.51. The lowest BCUT2D eigenvalue weighted by Crippen LogP contribution is -2.05. The van der Waals surface area contributed by atoms with Gasteiger partial charge >= 0.3 is 0 Å². The van der Waals surface area contributed by atoms with Crippen molar-refractivity contribution in [3.63, 3.8) is 0 Å². The highest BCUT2D eigenvalue weighted by molar-refractivity contribution is 5.80. The van der Waals surface area contributed by atoms with Gasteiger partial charge in [0.2, 0.25) is 0 Å². The third-order valence-electron chi connectivity index (χ3n) is 3.61. The molecule has 0 aliphatic rings. The summed E-state index contributed by atoms with van der Waals surface area (Å²) in [7, 11) is 0. The summed E-state index contributed by atoms with van der Waals surface area (Å²) in [5.41, 5.74) is 8.52. The Morgan fingerprint density at radius 3 is 2.91 bits per heavy atom. The molecule has 3 N–H and O–H groups in total. The van der Waals surface area contributed by atoms with E-state index in [2.05, 4.69) is 32.3 Å². The number of imidazole rings is 1. The Labute approximate surface area is 131 Å². The topological polar surface area (TPSA) is 103 Å². The molecule has 116 valence electrons. The zero-order valence-corrected chi connectivity index (χ0v) is 12.6. The van der Waals surface area contributed by atoms with Crippen molar-refractivity contribution in [2.45, 2.75) is 19.9 Å². The number of nitrogens with one attached hydrogen (secondary N) is 1. The Kier molecular flexibility index (Phi) is 3.07. The standard InChI is InChI=1S/C15H16N8/c1-2-8-22-9-7-12(20-22)23-14(16)13(19-21-23)15-17-10-5-3-4-6-11(10)18-15/h3-7,9H,2,8,16H2,1H3,(H,17,18). The molecule has 0 bridgehead atoms. The van der Waals surface area contributed by atoms with Gasteiger partial charge in [-0.3, -0.25) is 4.68 Å². The molecule has 0 atom stereocenters. The van der Waals surface area contributed by atoms with Crippen molar-refractivity contribution in [1.29, 1.82) is 0 Å². The Morgan fingerprint density at radius 2 is 2.09 bits per heavy atom. The number of aromatic nitrogens is 7. The fourth-order valence-electron chi connectivity index (χ4n) is 2.51. The largest absolute Gasteiger partial charge is 0.382 e. The van der Waals surface area contributed by atoms with E-state index in [4.69, 9.17) is 5.73 Å². The van der Waals surface area contributed by atoms with Crippen LogP contribution < -0.4 is 5.73 Å². The molecular formula is C15H16N8. The number of hydrogen-bond donors (Lipinski definition) is 2. The Morgan fingerprint density at radius 1 is 1.22 bits per heavy atom. The van der Waals surface area contributed by atoms with E-state index in [-0.39, 0.29) is 0 Å². The molecule has 23 heavy (non-hydrogen) atoms. The molecule has 8 heteroatoms. The van der Waals surface area contributed by atoms with Crippen LogP contribution in [0.25, 0.3) is 28.4 Å². The molecule has 0 amide bonds. The van der Waals surface area contributed by atoms with Gasteiger partial charge in [0.25, 0.3) is 0 Å². The average molecular weight is 308 g/mol. The van der Waals surface area contributed by atoms with Crippen LogP contribution in [-0.2, 0) is 6.54 Å². The van der Waals surface area contributed by atoms with Crippen LogP contribution in [0.15, 0.2) is 36.5 Å². The van der Waals surface area contributed by atoms with E-state index in [1.165, 1.54) is 4.68 Å². The molecule has 1 aromatic carbocycles. The minimum Gasteiger partial charge on any atom is -0.382 e. The Hall–Kier alpha value is -3.16. The Balaban J connectivity index is 1.74. The van der Waals surface area contributed by atoms with Gasteiger partial charge < -0.3 is 10.7 Å². The summed E-state index contributed by atoms with van der Waals surface area (Å²) in [6, 6.07) is 9.64. The third kappa shape index (κ3) is 2.24. The van der Waals surface area contributed by atoms with Crippen LogP contribution in [0, 0.1) is 0 Å². The van der Waals surface area contributed by atoms with Crippen molar-refractivity contribution >= 4 is 16.9 Å². The van der Waals surface area contributed by atoms with Crippen LogP contribution in [0.4, 0.5) is 5.82 Å². The first-order valence-electron chi connectivity index (χ1n) is 7.46. The normalized spacial score (nSPS) is 11.3. The molecule has 4 rings (SSSR count). The lowest BCUT2D eigenvalue weighted by molar-refractivity contribution is 0.593. The molecule has 0 unspecified atom stereocenters. The summed E-state index contributed by atoms with van der Waals surface area (Å²) in [5.74, 6) is 1.65. The van der Waals surface area contributed by atoms with E-state index in [9.17, 15) is 0 Å². The summed E-state index contributed by atoms with van der Waals surface area (Å²) in [5, 5.41) is 12.7. The first-order chi connectivity index (χ1) is 11.3. The second kappa shape index (κ2) is 5.24. The molecule has 4 aromatic rings. The quantitative estimate of drug-likeness (QED) is 0.600. The molecule has 3 heterocycles. The first-order valence-corrected chi connectivity index (χ1v) is 7.46. The minimum atomic E-state index is 0.408. The van der Waals surface area contributed by atoms with E-state index in [1.807, 2.05) is 41.2 Å². The van der Waals surface area contributed by atoms with Gasteiger partial charge in [0.1, 0.15) is 0 Å². The molecule has 0 saturated carbocycles. The van der Waals surface area contributed by atoms with Crippen LogP contribution in [0.2, 0.25) is 0 Å². The number of anilines is 1. The number of nitrogens with zero attached hydrogens (tertiary/aromatic N) is 6. The Bertz CT molecular complexity index is 928.